The minimum Gasteiger partial charge on any atom is -0.456 e. The maximum absolute atomic E-state index is 6.17. The normalized spacial score (nSPS) is 12.3. The van der Waals surface area contributed by atoms with Crippen LogP contribution < -0.4 is 0 Å². The fraction of sp³-hybridized carbons (Fsp3) is 0. The third-order valence-electron chi connectivity index (χ3n) is 28.8. The summed E-state index contributed by atoms with van der Waals surface area (Å²) in [5.41, 5.74) is 27.4. The molecule has 0 spiro atoms. The molecule has 0 bridgehead atoms. The van der Waals surface area contributed by atoms with E-state index < -0.39 is 0 Å². The molecule has 0 amide bonds. The van der Waals surface area contributed by atoms with Crippen molar-refractivity contribution in [3.8, 4) is 61.8 Å². The van der Waals surface area contributed by atoms with Gasteiger partial charge in [0.2, 0.25) is 0 Å². The van der Waals surface area contributed by atoms with E-state index in [0.29, 0.717) is 0 Å². The number of furan rings is 1. The van der Waals surface area contributed by atoms with E-state index in [2.05, 4.69) is 454 Å². The van der Waals surface area contributed by atoms with Gasteiger partial charge < -0.3 is 27.3 Å². The molecule has 6 nitrogen and oxygen atoms in total. The number of hydrogen-bond donors (Lipinski definition) is 0. The van der Waals surface area contributed by atoms with E-state index in [-0.39, 0.29) is 0 Å². The van der Waals surface area contributed by atoms with Crippen molar-refractivity contribution in [1.29, 1.82) is 0 Å². The van der Waals surface area contributed by atoms with Crippen molar-refractivity contribution < 1.29 is 4.42 Å². The predicted molar refractivity (Wildman–Crippen MR) is 579 cm³/mol. The summed E-state index contributed by atoms with van der Waals surface area (Å²) in [6.07, 6.45) is 0. The van der Waals surface area contributed by atoms with Gasteiger partial charge in [0.1, 0.15) is 11.2 Å². The van der Waals surface area contributed by atoms with Crippen LogP contribution in [0.15, 0.2) is 447 Å². The lowest BCUT2D eigenvalue weighted by Gasteiger charge is -2.12. The first-order valence-corrected chi connectivity index (χ1v) is 48.6. The monoisotopic (exact) mass is 1770 g/mol. The van der Waals surface area contributed by atoms with E-state index in [1.54, 1.807) is 0 Å². The van der Waals surface area contributed by atoms with Crippen molar-refractivity contribution in [3.63, 3.8) is 0 Å². The first kappa shape index (κ1) is 74.8. The summed E-state index contributed by atoms with van der Waals surface area (Å²) in [6.45, 7) is 0. The van der Waals surface area contributed by atoms with Crippen LogP contribution in [0.25, 0.3) is 286 Å². The van der Waals surface area contributed by atoms with E-state index in [4.69, 9.17) is 4.42 Å². The quantitative estimate of drug-likeness (QED) is 0.140. The van der Waals surface area contributed by atoms with Crippen LogP contribution in [0, 0.1) is 0 Å². The summed E-state index contributed by atoms with van der Waals surface area (Å²) in [5.74, 6) is 0. The molecule has 9 aromatic heterocycles. The first-order chi connectivity index (χ1) is 66.9. The molecule has 0 radical (unpaired) electrons. The van der Waals surface area contributed by atoms with Crippen molar-refractivity contribution in [1.82, 2.24) is 22.8 Å². The van der Waals surface area contributed by atoms with Crippen molar-refractivity contribution in [2.45, 2.75) is 0 Å². The molecule has 0 saturated heterocycles. The predicted octanol–water partition coefficient (Wildman–Crippen LogP) is 36.3. The summed E-state index contributed by atoms with van der Waals surface area (Å²) < 4.78 is 26.3. The van der Waals surface area contributed by atoms with E-state index in [1.165, 1.54) is 247 Å². The standard InChI is InChI=1S/2C44H26N2S.C38H21NOS/c1-4-12-37-33(9-1)34-10-2-5-13-38(34)45(37)31-19-21-32(22-20-31)46-39-14-7-8-27-16-17-29-24-30(26-40(46)44(29)43(27)39)28-18-23-42-36(25-28)35-11-3-6-15-41(35)47-42;1-2-10-31(11-3-1)45-37-14-6-4-12-33(37)35-26-32(20-21-38(35)45)46-39-15-8-9-27-17-18-29-23-30(25-40(46)44(29)43(27)39)28-19-22-42-36(24-28)34-13-5-7-16-41(34)47-42;1-3-10-33-27(7-1)29-21-26(15-16-34(29)40-33)39-31-9-5-6-22-12-13-24-18-25(20-32(39)38(24)37(22)31)23-14-17-36-30(19-23)28-8-2-4-11-35(28)41-36/h2*1-26H;1-21H. The van der Waals surface area contributed by atoms with Crippen LogP contribution in [-0.4, -0.2) is 22.8 Å². The second-order valence-electron chi connectivity index (χ2n) is 36.1. The van der Waals surface area contributed by atoms with E-state index in [1.807, 2.05) is 46.1 Å². The molecule has 0 N–H and O–H groups in total. The van der Waals surface area contributed by atoms with Gasteiger partial charge in [0.15, 0.2) is 0 Å². The van der Waals surface area contributed by atoms with Gasteiger partial charge in [0.05, 0.1) is 55.2 Å². The summed E-state index contributed by atoms with van der Waals surface area (Å²) in [7, 11) is 0. The summed E-state index contributed by atoms with van der Waals surface area (Å²) in [5, 5.41) is 31.0. The van der Waals surface area contributed by atoms with Crippen molar-refractivity contribution >= 4 is 258 Å². The molecule has 32 aromatic rings. The highest BCUT2D eigenvalue weighted by Gasteiger charge is 2.26. The van der Waals surface area contributed by atoms with Crippen molar-refractivity contribution in [2.75, 3.05) is 0 Å². The third-order valence-corrected chi connectivity index (χ3v) is 32.3. The number of hydrogen-bond acceptors (Lipinski definition) is 4. The number of fused-ring (bicyclic) bond motifs is 18. The maximum atomic E-state index is 6.17. The minimum absolute atomic E-state index is 0.917. The van der Waals surface area contributed by atoms with Gasteiger partial charge >= 0.3 is 0 Å². The molecule has 9 heterocycles. The largest absolute Gasteiger partial charge is 0.456 e. The lowest BCUT2D eigenvalue weighted by atomic mass is 9.96. The van der Waals surface area contributed by atoms with Crippen LogP contribution in [-0.2, 0) is 0 Å². The molecule has 0 fully saturated rings. The average molecular weight is 1770 g/mol. The van der Waals surface area contributed by atoms with Gasteiger partial charge in [-0.15, -0.1) is 34.0 Å². The summed E-state index contributed by atoms with van der Waals surface area (Å²) in [4.78, 5) is 0. The number of thiophene rings is 3. The Morgan fingerprint density at radius 3 is 0.874 bits per heavy atom. The van der Waals surface area contributed by atoms with Crippen LogP contribution >= 0.6 is 34.0 Å². The van der Waals surface area contributed by atoms with E-state index >= 15 is 0 Å². The Morgan fingerprint density at radius 1 is 0.141 bits per heavy atom. The lowest BCUT2D eigenvalue weighted by molar-refractivity contribution is 0.669. The zero-order valence-electron chi connectivity index (χ0n) is 72.5. The molecule has 0 saturated carbocycles. The fourth-order valence-corrected chi connectivity index (χ4v) is 26.2. The lowest BCUT2D eigenvalue weighted by Crippen LogP contribution is -1.97. The third kappa shape index (κ3) is 11.2. The summed E-state index contributed by atoms with van der Waals surface area (Å²) >= 11 is 5.61. The summed E-state index contributed by atoms with van der Waals surface area (Å²) in [6, 6.07) is 163. The van der Waals surface area contributed by atoms with E-state index in [0.717, 1.165) is 39.0 Å². The molecule has 32 rings (SSSR count). The molecule has 135 heavy (non-hydrogen) atoms. The topological polar surface area (TPSA) is 37.8 Å². The number of nitrogens with zero attached hydrogens (tertiary/aromatic N) is 5. The van der Waals surface area contributed by atoms with Gasteiger partial charge in [-0.2, -0.15) is 0 Å². The minimum atomic E-state index is 0.917. The van der Waals surface area contributed by atoms with Gasteiger partial charge in [-0.1, -0.05) is 237 Å². The second kappa shape index (κ2) is 28.8. The van der Waals surface area contributed by atoms with E-state index in [9.17, 15) is 0 Å². The van der Waals surface area contributed by atoms with Gasteiger partial charge in [0.25, 0.3) is 0 Å². The highest BCUT2D eigenvalue weighted by atomic mass is 32.1. The number of para-hydroxylation sites is 5. The Kier molecular flexibility index (Phi) is 16.0. The molecule has 23 aromatic carbocycles. The smallest absolute Gasteiger partial charge is 0.135 e. The van der Waals surface area contributed by atoms with Gasteiger partial charge in [-0.05, 0) is 272 Å². The van der Waals surface area contributed by atoms with Crippen LogP contribution in [0.4, 0.5) is 0 Å². The zero-order valence-corrected chi connectivity index (χ0v) is 75.0. The molecule has 0 aliphatic carbocycles. The molecule has 9 heteroatoms. The highest BCUT2D eigenvalue weighted by molar-refractivity contribution is 7.26. The zero-order chi connectivity index (χ0) is 87.9. The molecule has 0 atom stereocenters. The molecule has 0 aliphatic heterocycles. The Balaban J connectivity index is 0.0000000967. The Hall–Kier alpha value is -16.9. The Morgan fingerprint density at radius 2 is 0.437 bits per heavy atom. The molecule has 0 unspecified atom stereocenters. The van der Waals surface area contributed by atoms with Crippen LogP contribution in [0.3, 0.4) is 0 Å². The molecule has 626 valence electrons. The SMILES string of the molecule is c1ccc(-n2c3ccccc3c3cc(-n4c5cccc6ccc7cc(-c8ccc9sc%10ccccc%10c9c8)cc4c7c65)ccc32)cc1.c1ccc2c(c1)oc1ccc(-n3c4cccc5ccc6cc(-c7ccc8sc9ccccc9c8c7)cc3c6c54)cc12.c1ccc2c(c1)sc1ccc(-c3cc4ccc5cccc6c5c4c(c3)n6-c3ccc(-n4c5ccccc5c5ccccc54)cc3)cc12. The van der Waals surface area contributed by atoms with Crippen molar-refractivity contribution in [2.24, 2.45) is 0 Å². The Bertz CT molecular complexity index is 10500. The van der Waals surface area contributed by atoms with Crippen molar-refractivity contribution in [3.05, 3.63) is 443 Å². The number of benzene rings is 23. The first-order valence-electron chi connectivity index (χ1n) is 46.1. The highest BCUT2D eigenvalue weighted by Crippen LogP contribution is 2.50. The molecule has 0 aliphatic rings. The van der Waals surface area contributed by atoms with Gasteiger partial charge in [-0.25, -0.2) is 0 Å². The maximum Gasteiger partial charge on any atom is 0.135 e. The van der Waals surface area contributed by atoms with Gasteiger partial charge in [-0.3, -0.25) is 0 Å². The van der Waals surface area contributed by atoms with Crippen LogP contribution in [0.5, 0.6) is 0 Å². The fourth-order valence-electron chi connectivity index (χ4n) is 22.9. The Labute approximate surface area is 783 Å². The van der Waals surface area contributed by atoms with Crippen LogP contribution in [0.1, 0.15) is 0 Å². The van der Waals surface area contributed by atoms with Gasteiger partial charge in [0, 0.05) is 154 Å². The second-order valence-corrected chi connectivity index (χ2v) is 39.3. The number of rotatable bonds is 8. The molecular weight excluding hydrogens is 1700 g/mol. The average Bonchev–Trinajstić information content (AvgIpc) is 1.56. The van der Waals surface area contributed by atoms with Crippen LogP contribution in [0.2, 0.25) is 0 Å². The number of aromatic nitrogens is 5. The molecular formula is C126H73N5OS3.